The summed E-state index contributed by atoms with van der Waals surface area (Å²) in [5.41, 5.74) is 0. The summed E-state index contributed by atoms with van der Waals surface area (Å²) < 4.78 is 0. The van der Waals surface area contributed by atoms with Gasteiger partial charge in [-0.25, -0.2) is 0 Å². The lowest BCUT2D eigenvalue weighted by Gasteiger charge is -2.08. The molecule has 2 N–H and O–H groups in total. The molecule has 0 aromatic carbocycles. The Balaban J connectivity index is 3.16. The van der Waals surface area contributed by atoms with Crippen LogP contribution in [0.1, 0.15) is 32.6 Å². The maximum Gasteiger partial charge on any atom is 0.0574 e. The van der Waals surface area contributed by atoms with Crippen LogP contribution >= 0.6 is 0 Å². The van der Waals surface area contributed by atoms with Gasteiger partial charge < -0.3 is 10.2 Å². The Hall–Kier alpha value is -0.340. The van der Waals surface area contributed by atoms with Gasteiger partial charge >= 0.3 is 0 Å². The van der Waals surface area contributed by atoms with E-state index >= 15 is 0 Å². The highest BCUT2D eigenvalue weighted by atomic mass is 16.3. The van der Waals surface area contributed by atoms with Gasteiger partial charge in [0.05, 0.1) is 12.2 Å². The largest absolute Gasteiger partial charge is 0.393 e. The van der Waals surface area contributed by atoms with Crippen molar-refractivity contribution in [2.24, 2.45) is 0 Å². The third kappa shape index (κ3) is 7.56. The first-order valence-electron chi connectivity index (χ1n) is 4.13. The summed E-state index contributed by atoms with van der Waals surface area (Å²) in [5.74, 6) is 0. The number of hydrogen-bond acceptors (Lipinski definition) is 2. The number of rotatable bonds is 6. The van der Waals surface area contributed by atoms with E-state index in [0.29, 0.717) is 6.42 Å². The van der Waals surface area contributed by atoms with E-state index in [-0.39, 0.29) is 12.2 Å². The third-order valence-electron chi connectivity index (χ3n) is 1.60. The second kappa shape index (κ2) is 6.38. The highest BCUT2D eigenvalue weighted by molar-refractivity contribution is 4.72. The molecule has 0 amide bonds. The third-order valence-corrected chi connectivity index (χ3v) is 1.60. The van der Waals surface area contributed by atoms with Crippen LogP contribution in [0.5, 0.6) is 0 Å². The lowest BCUT2D eigenvalue weighted by molar-refractivity contribution is 0.144. The zero-order chi connectivity index (χ0) is 8.69. The van der Waals surface area contributed by atoms with Crippen molar-refractivity contribution in [3.05, 3.63) is 12.7 Å². The zero-order valence-corrected chi connectivity index (χ0v) is 7.16. The standard InChI is InChI=1S/C9H18O2/c1-3-5-9(11)7-4-6-8(2)10/h3,8-11H,1,4-7H2,2H3. The fraction of sp³-hybridized carbons (Fsp3) is 0.778. The zero-order valence-electron chi connectivity index (χ0n) is 7.16. The Kier molecular flexibility index (Phi) is 6.18. The molecule has 2 nitrogen and oxygen atoms in total. The van der Waals surface area contributed by atoms with Crippen molar-refractivity contribution in [1.29, 1.82) is 0 Å². The first-order valence-corrected chi connectivity index (χ1v) is 4.13. The molecule has 11 heavy (non-hydrogen) atoms. The molecule has 2 heteroatoms. The molecule has 0 radical (unpaired) electrons. The number of aliphatic hydroxyl groups is 2. The van der Waals surface area contributed by atoms with Gasteiger partial charge in [0, 0.05) is 0 Å². The van der Waals surface area contributed by atoms with E-state index in [1.165, 1.54) is 0 Å². The average Bonchev–Trinajstić information content (AvgIpc) is 1.87. The van der Waals surface area contributed by atoms with E-state index < -0.39 is 0 Å². The fourth-order valence-electron chi connectivity index (χ4n) is 0.959. The molecule has 0 saturated carbocycles. The van der Waals surface area contributed by atoms with Crippen LogP contribution < -0.4 is 0 Å². The molecule has 0 aliphatic carbocycles. The topological polar surface area (TPSA) is 40.5 Å². The van der Waals surface area contributed by atoms with Crippen molar-refractivity contribution in [3.63, 3.8) is 0 Å². The van der Waals surface area contributed by atoms with Crippen molar-refractivity contribution in [3.8, 4) is 0 Å². The smallest absolute Gasteiger partial charge is 0.0574 e. The predicted molar refractivity (Wildman–Crippen MR) is 46.4 cm³/mol. The van der Waals surface area contributed by atoms with Gasteiger partial charge in [0.2, 0.25) is 0 Å². The average molecular weight is 158 g/mol. The Bertz CT molecular complexity index is 99.7. The quantitative estimate of drug-likeness (QED) is 0.575. The first-order chi connectivity index (χ1) is 5.16. The second-order valence-electron chi connectivity index (χ2n) is 2.96. The van der Waals surface area contributed by atoms with Crippen LogP contribution in [-0.4, -0.2) is 22.4 Å². The van der Waals surface area contributed by atoms with Crippen LogP contribution in [0.4, 0.5) is 0 Å². The highest BCUT2D eigenvalue weighted by Crippen LogP contribution is 2.06. The molecule has 0 fully saturated rings. The summed E-state index contributed by atoms with van der Waals surface area (Å²) >= 11 is 0. The minimum absolute atomic E-state index is 0.245. The van der Waals surface area contributed by atoms with Crippen LogP contribution in [-0.2, 0) is 0 Å². The SMILES string of the molecule is C=CCC(O)CCCC(C)O. The highest BCUT2D eigenvalue weighted by Gasteiger charge is 2.02. The van der Waals surface area contributed by atoms with E-state index in [1.54, 1.807) is 13.0 Å². The Morgan fingerprint density at radius 3 is 2.45 bits per heavy atom. The van der Waals surface area contributed by atoms with Gasteiger partial charge in [-0.2, -0.15) is 0 Å². The molecule has 0 aliphatic rings. The maximum absolute atomic E-state index is 9.21. The van der Waals surface area contributed by atoms with E-state index in [9.17, 15) is 5.11 Å². The summed E-state index contributed by atoms with van der Waals surface area (Å²) in [6.45, 7) is 5.30. The molecule has 2 unspecified atom stereocenters. The van der Waals surface area contributed by atoms with Crippen LogP contribution in [0, 0.1) is 0 Å². The summed E-state index contributed by atoms with van der Waals surface area (Å²) in [6, 6.07) is 0. The van der Waals surface area contributed by atoms with Gasteiger partial charge in [-0.05, 0) is 32.6 Å². The van der Waals surface area contributed by atoms with Gasteiger partial charge in [-0.1, -0.05) is 6.08 Å². The molecule has 0 rings (SSSR count). The van der Waals surface area contributed by atoms with E-state index in [4.69, 9.17) is 5.11 Å². The fourth-order valence-corrected chi connectivity index (χ4v) is 0.959. The summed E-state index contributed by atoms with van der Waals surface area (Å²) in [7, 11) is 0. The summed E-state index contributed by atoms with van der Waals surface area (Å²) in [4.78, 5) is 0. The Morgan fingerprint density at radius 2 is 2.00 bits per heavy atom. The predicted octanol–water partition coefficient (Wildman–Crippen LogP) is 1.47. The Labute approximate surface area is 68.6 Å². The molecule has 0 aliphatic heterocycles. The first kappa shape index (κ1) is 10.7. The normalized spacial score (nSPS) is 15.9. The van der Waals surface area contributed by atoms with Gasteiger partial charge in [0.1, 0.15) is 0 Å². The summed E-state index contributed by atoms with van der Waals surface area (Å²) in [5, 5.41) is 18.1. The number of aliphatic hydroxyl groups excluding tert-OH is 2. The van der Waals surface area contributed by atoms with Gasteiger partial charge in [0.15, 0.2) is 0 Å². The van der Waals surface area contributed by atoms with Crippen molar-refractivity contribution < 1.29 is 10.2 Å². The lowest BCUT2D eigenvalue weighted by atomic mass is 10.1. The molecule has 0 aromatic heterocycles. The molecular formula is C9H18O2. The molecule has 0 heterocycles. The molecular weight excluding hydrogens is 140 g/mol. The van der Waals surface area contributed by atoms with Crippen LogP contribution in [0.3, 0.4) is 0 Å². The van der Waals surface area contributed by atoms with E-state index in [0.717, 1.165) is 19.3 Å². The molecule has 66 valence electrons. The van der Waals surface area contributed by atoms with Crippen molar-refractivity contribution >= 4 is 0 Å². The second-order valence-corrected chi connectivity index (χ2v) is 2.96. The lowest BCUT2D eigenvalue weighted by Crippen LogP contribution is -2.07. The Morgan fingerprint density at radius 1 is 1.36 bits per heavy atom. The van der Waals surface area contributed by atoms with Gasteiger partial charge in [-0.15, -0.1) is 6.58 Å². The van der Waals surface area contributed by atoms with Crippen molar-refractivity contribution in [2.75, 3.05) is 0 Å². The van der Waals surface area contributed by atoms with E-state index in [2.05, 4.69) is 6.58 Å². The maximum atomic E-state index is 9.21. The van der Waals surface area contributed by atoms with Crippen molar-refractivity contribution in [1.82, 2.24) is 0 Å². The minimum Gasteiger partial charge on any atom is -0.393 e. The number of hydrogen-bond donors (Lipinski definition) is 2. The van der Waals surface area contributed by atoms with Crippen LogP contribution in [0.15, 0.2) is 12.7 Å². The summed E-state index contributed by atoms with van der Waals surface area (Å²) in [6.07, 6.45) is 4.27. The van der Waals surface area contributed by atoms with Crippen LogP contribution in [0.25, 0.3) is 0 Å². The van der Waals surface area contributed by atoms with Crippen LogP contribution in [0.2, 0.25) is 0 Å². The van der Waals surface area contributed by atoms with Gasteiger partial charge in [-0.3, -0.25) is 0 Å². The molecule has 0 saturated heterocycles. The van der Waals surface area contributed by atoms with Gasteiger partial charge in [0.25, 0.3) is 0 Å². The molecule has 0 spiro atoms. The molecule has 2 atom stereocenters. The minimum atomic E-state index is -0.272. The molecule has 0 aromatic rings. The monoisotopic (exact) mass is 158 g/mol. The van der Waals surface area contributed by atoms with E-state index in [1.807, 2.05) is 0 Å². The molecule has 0 bridgehead atoms. The van der Waals surface area contributed by atoms with Crippen molar-refractivity contribution in [2.45, 2.75) is 44.8 Å².